The first kappa shape index (κ1) is 8.68. The topological polar surface area (TPSA) is 63.6 Å². The summed E-state index contributed by atoms with van der Waals surface area (Å²) < 4.78 is 1.56. The Bertz CT molecular complexity index is 455. The Morgan fingerprint density at radius 2 is 2.36 bits per heavy atom. The van der Waals surface area contributed by atoms with Gasteiger partial charge in [0.2, 0.25) is 0 Å². The Hall–Kier alpha value is -1.91. The molecule has 5 heteroatoms. The van der Waals surface area contributed by atoms with Gasteiger partial charge in [-0.15, -0.1) is 0 Å². The van der Waals surface area contributed by atoms with Crippen molar-refractivity contribution in [3.8, 4) is 5.82 Å². The Morgan fingerprint density at radius 1 is 1.57 bits per heavy atom. The lowest BCUT2D eigenvalue weighted by atomic mass is 10.3. The summed E-state index contributed by atoms with van der Waals surface area (Å²) in [6.07, 6.45) is 1.62. The summed E-state index contributed by atoms with van der Waals surface area (Å²) in [5.41, 5.74) is 1.37. The molecule has 14 heavy (non-hydrogen) atoms. The number of aromatic amines is 1. The van der Waals surface area contributed by atoms with Crippen LogP contribution in [0, 0.1) is 6.92 Å². The maximum atomic E-state index is 11.3. The molecule has 0 radical (unpaired) electrons. The van der Waals surface area contributed by atoms with Crippen LogP contribution in [0.15, 0.2) is 18.3 Å². The van der Waals surface area contributed by atoms with Gasteiger partial charge in [-0.1, -0.05) is 0 Å². The fourth-order valence-electron chi connectivity index (χ4n) is 1.30. The molecule has 2 aromatic heterocycles. The molecule has 0 bridgehead atoms. The molecule has 2 rings (SSSR count). The van der Waals surface area contributed by atoms with E-state index in [0.29, 0.717) is 11.5 Å². The molecule has 72 valence electrons. The highest BCUT2D eigenvalue weighted by Gasteiger charge is 2.11. The van der Waals surface area contributed by atoms with Gasteiger partial charge in [0.05, 0.1) is 11.9 Å². The molecule has 0 unspecified atom stereocenters. The maximum absolute atomic E-state index is 11.3. The molecule has 1 N–H and O–H groups in total. The Morgan fingerprint density at radius 3 is 2.93 bits per heavy atom. The number of aryl methyl sites for hydroxylation is 1. The van der Waals surface area contributed by atoms with Crippen LogP contribution >= 0.6 is 0 Å². The van der Waals surface area contributed by atoms with E-state index in [2.05, 4.69) is 15.3 Å². The second-order valence-corrected chi connectivity index (χ2v) is 3.08. The molecule has 0 aliphatic heterocycles. The number of nitrogens with one attached hydrogen (secondary N) is 1. The maximum Gasteiger partial charge on any atom is 0.178 e. The second kappa shape index (κ2) is 3.10. The first-order chi connectivity index (χ1) is 6.68. The highest BCUT2D eigenvalue weighted by atomic mass is 16.1. The molecule has 0 spiro atoms. The van der Waals surface area contributed by atoms with Crippen molar-refractivity contribution in [1.29, 1.82) is 0 Å². The van der Waals surface area contributed by atoms with Crippen LogP contribution in [0.3, 0.4) is 0 Å². The third-order valence-corrected chi connectivity index (χ3v) is 1.91. The van der Waals surface area contributed by atoms with E-state index in [9.17, 15) is 4.79 Å². The minimum Gasteiger partial charge on any atom is -0.293 e. The van der Waals surface area contributed by atoms with Gasteiger partial charge in [0.25, 0.3) is 0 Å². The monoisotopic (exact) mass is 190 g/mol. The quantitative estimate of drug-likeness (QED) is 0.721. The van der Waals surface area contributed by atoms with E-state index < -0.39 is 0 Å². The number of Topliss-reactive ketones (excluding diaryl/α,β-unsaturated/α-hetero) is 1. The molecule has 0 saturated carbocycles. The third-order valence-electron chi connectivity index (χ3n) is 1.91. The molecule has 0 amide bonds. The average molecular weight is 190 g/mol. The molecule has 2 aromatic rings. The first-order valence-corrected chi connectivity index (χ1v) is 4.26. The van der Waals surface area contributed by atoms with Crippen molar-refractivity contribution in [1.82, 2.24) is 20.0 Å². The van der Waals surface area contributed by atoms with E-state index >= 15 is 0 Å². The van der Waals surface area contributed by atoms with Crippen molar-refractivity contribution in [2.24, 2.45) is 0 Å². The average Bonchev–Trinajstić information content (AvgIpc) is 2.70. The summed E-state index contributed by atoms with van der Waals surface area (Å²) in [7, 11) is 0. The largest absolute Gasteiger partial charge is 0.293 e. The highest BCUT2D eigenvalue weighted by molar-refractivity contribution is 5.93. The van der Waals surface area contributed by atoms with Crippen LogP contribution in [0.5, 0.6) is 0 Å². The van der Waals surface area contributed by atoms with Crippen molar-refractivity contribution in [2.75, 3.05) is 0 Å². The van der Waals surface area contributed by atoms with Crippen LogP contribution in [0.25, 0.3) is 5.82 Å². The SMILES string of the molecule is CC(=O)c1cc(C)nn1-c1ccn[nH]1. The molecular formula is C9H10N4O. The number of ketones is 1. The van der Waals surface area contributed by atoms with E-state index in [1.165, 1.54) is 6.92 Å². The zero-order valence-corrected chi connectivity index (χ0v) is 7.98. The Balaban J connectivity index is 2.58. The van der Waals surface area contributed by atoms with Crippen molar-refractivity contribution in [3.63, 3.8) is 0 Å². The summed E-state index contributed by atoms with van der Waals surface area (Å²) in [6, 6.07) is 3.52. The van der Waals surface area contributed by atoms with Crippen molar-refractivity contribution >= 4 is 5.78 Å². The van der Waals surface area contributed by atoms with Crippen molar-refractivity contribution < 1.29 is 4.79 Å². The zero-order valence-electron chi connectivity index (χ0n) is 7.98. The molecule has 2 heterocycles. The van der Waals surface area contributed by atoms with Crippen LogP contribution in [0.4, 0.5) is 0 Å². The van der Waals surface area contributed by atoms with Gasteiger partial charge in [0, 0.05) is 13.0 Å². The summed E-state index contributed by atoms with van der Waals surface area (Å²) in [5, 5.41) is 10.8. The van der Waals surface area contributed by atoms with Gasteiger partial charge in [-0.05, 0) is 13.0 Å². The lowest BCUT2D eigenvalue weighted by Gasteiger charge is -1.99. The van der Waals surface area contributed by atoms with Gasteiger partial charge in [-0.2, -0.15) is 10.2 Å². The van der Waals surface area contributed by atoms with Crippen molar-refractivity contribution in [3.05, 3.63) is 29.7 Å². The first-order valence-electron chi connectivity index (χ1n) is 4.26. The van der Waals surface area contributed by atoms with Gasteiger partial charge < -0.3 is 0 Å². The Labute approximate surface area is 80.7 Å². The summed E-state index contributed by atoms with van der Waals surface area (Å²) in [5.74, 6) is 0.684. The summed E-state index contributed by atoms with van der Waals surface area (Å²) in [4.78, 5) is 11.3. The van der Waals surface area contributed by atoms with E-state index in [1.54, 1.807) is 23.0 Å². The fourth-order valence-corrected chi connectivity index (χ4v) is 1.30. The second-order valence-electron chi connectivity index (χ2n) is 3.08. The molecular weight excluding hydrogens is 180 g/mol. The lowest BCUT2D eigenvalue weighted by molar-refractivity contribution is 0.101. The highest BCUT2D eigenvalue weighted by Crippen LogP contribution is 2.10. The van der Waals surface area contributed by atoms with Crippen LogP contribution in [-0.4, -0.2) is 25.8 Å². The molecule has 0 aliphatic rings. The molecule has 0 aromatic carbocycles. The normalized spacial score (nSPS) is 10.4. The number of H-pyrrole nitrogens is 1. The summed E-state index contributed by atoms with van der Waals surface area (Å²) in [6.45, 7) is 3.36. The fraction of sp³-hybridized carbons (Fsp3) is 0.222. The van der Waals surface area contributed by atoms with Crippen LogP contribution < -0.4 is 0 Å². The molecule has 5 nitrogen and oxygen atoms in total. The predicted molar refractivity (Wildman–Crippen MR) is 50.5 cm³/mol. The molecule has 0 aliphatic carbocycles. The van der Waals surface area contributed by atoms with Crippen LogP contribution in [0.2, 0.25) is 0 Å². The summed E-state index contributed by atoms with van der Waals surface area (Å²) >= 11 is 0. The minimum absolute atomic E-state index is 0.0137. The van der Waals surface area contributed by atoms with Crippen LogP contribution in [-0.2, 0) is 0 Å². The number of carbonyl (C=O) groups excluding carboxylic acids is 1. The number of hydrogen-bond acceptors (Lipinski definition) is 3. The van der Waals surface area contributed by atoms with Gasteiger partial charge in [-0.3, -0.25) is 9.89 Å². The predicted octanol–water partition coefficient (Wildman–Crippen LogP) is 1.11. The van der Waals surface area contributed by atoms with E-state index in [-0.39, 0.29) is 5.78 Å². The lowest BCUT2D eigenvalue weighted by Crippen LogP contribution is -2.06. The molecule has 0 saturated heterocycles. The van der Waals surface area contributed by atoms with Gasteiger partial charge in [-0.25, -0.2) is 4.68 Å². The van der Waals surface area contributed by atoms with Gasteiger partial charge in [0.15, 0.2) is 5.78 Å². The smallest absolute Gasteiger partial charge is 0.178 e. The van der Waals surface area contributed by atoms with E-state index in [0.717, 1.165) is 5.69 Å². The van der Waals surface area contributed by atoms with Crippen molar-refractivity contribution in [2.45, 2.75) is 13.8 Å². The van der Waals surface area contributed by atoms with Gasteiger partial charge >= 0.3 is 0 Å². The number of rotatable bonds is 2. The molecule has 0 atom stereocenters. The van der Waals surface area contributed by atoms with Gasteiger partial charge in [0.1, 0.15) is 11.5 Å². The van der Waals surface area contributed by atoms with E-state index in [4.69, 9.17) is 0 Å². The zero-order chi connectivity index (χ0) is 10.1. The van der Waals surface area contributed by atoms with E-state index in [1.807, 2.05) is 6.92 Å². The molecule has 0 fully saturated rings. The number of aromatic nitrogens is 4. The number of carbonyl (C=O) groups is 1. The Kier molecular flexibility index (Phi) is 1.92. The standard InChI is InChI=1S/C9H10N4O/c1-6-5-8(7(2)14)13(12-6)9-3-4-10-11-9/h3-5H,1-2H3,(H,10,11). The number of nitrogens with zero attached hydrogens (tertiary/aromatic N) is 3. The van der Waals surface area contributed by atoms with Crippen LogP contribution in [0.1, 0.15) is 23.1 Å². The number of hydrogen-bond donors (Lipinski definition) is 1. The minimum atomic E-state index is -0.0137. The third kappa shape index (κ3) is 1.32.